The summed E-state index contributed by atoms with van der Waals surface area (Å²) in [6.45, 7) is 13.2. The van der Waals surface area contributed by atoms with E-state index in [1.54, 1.807) is 10.7 Å². The normalized spacial score (nSPS) is 10.9. The van der Waals surface area contributed by atoms with E-state index in [0.717, 1.165) is 16.8 Å². The first-order valence-corrected chi connectivity index (χ1v) is 4.85. The number of fused-ring (bicyclic) bond motifs is 1. The van der Waals surface area contributed by atoms with Crippen molar-refractivity contribution in [3.05, 3.63) is 35.2 Å². The summed E-state index contributed by atoms with van der Waals surface area (Å²) in [6.07, 6.45) is 3.29. The molecule has 0 aliphatic rings. The molecule has 4 nitrogen and oxygen atoms in total. The van der Waals surface area contributed by atoms with Crippen LogP contribution in [0.5, 0.6) is 0 Å². The molecule has 0 atom stereocenters. The second-order valence-electron chi connectivity index (χ2n) is 3.84. The van der Waals surface area contributed by atoms with Crippen LogP contribution in [0, 0.1) is 13.5 Å². The molecule has 0 aliphatic carbocycles. The molecule has 2 heterocycles. The van der Waals surface area contributed by atoms with Crippen LogP contribution in [0.2, 0.25) is 0 Å². The van der Waals surface area contributed by atoms with Gasteiger partial charge in [-0.1, -0.05) is 13.8 Å². The summed E-state index contributed by atoms with van der Waals surface area (Å²) in [4.78, 5) is 7.75. The Hall–Kier alpha value is -1.89. The van der Waals surface area contributed by atoms with Crippen LogP contribution < -0.4 is 0 Å². The second kappa shape index (κ2) is 3.35. The van der Waals surface area contributed by atoms with Gasteiger partial charge in [-0.3, -0.25) is 0 Å². The molecule has 0 saturated heterocycles. The molecule has 0 unspecified atom stereocenters. The molecule has 0 N–H and O–H groups in total. The van der Waals surface area contributed by atoms with Gasteiger partial charge in [-0.05, 0) is 18.4 Å². The molecule has 0 aliphatic heterocycles. The van der Waals surface area contributed by atoms with Gasteiger partial charge in [0.2, 0.25) is 5.69 Å². The van der Waals surface area contributed by atoms with Gasteiger partial charge < -0.3 is 0 Å². The number of hydrogen-bond acceptors (Lipinski definition) is 2. The molecular weight excluding hydrogens is 188 g/mol. The molecule has 15 heavy (non-hydrogen) atoms. The lowest BCUT2D eigenvalue weighted by atomic mass is 10.1. The Kier molecular flexibility index (Phi) is 2.16. The van der Waals surface area contributed by atoms with Crippen molar-refractivity contribution in [3.63, 3.8) is 0 Å². The van der Waals surface area contributed by atoms with E-state index in [9.17, 15) is 0 Å². The maximum atomic E-state index is 7.06. The minimum Gasteiger partial charge on any atom is -0.249 e. The van der Waals surface area contributed by atoms with Crippen molar-refractivity contribution in [2.45, 2.75) is 26.7 Å². The molecule has 2 aromatic rings. The number of hydrogen-bond donors (Lipinski definition) is 0. The van der Waals surface area contributed by atoms with Crippen LogP contribution in [0.15, 0.2) is 12.5 Å². The highest BCUT2D eigenvalue weighted by Crippen LogP contribution is 2.28. The van der Waals surface area contributed by atoms with Crippen LogP contribution in [0.25, 0.3) is 10.4 Å². The summed E-state index contributed by atoms with van der Waals surface area (Å²) in [7, 11) is 0. The third kappa shape index (κ3) is 1.37. The highest BCUT2D eigenvalue weighted by molar-refractivity contribution is 5.71. The van der Waals surface area contributed by atoms with Crippen molar-refractivity contribution in [2.75, 3.05) is 0 Å². The van der Waals surface area contributed by atoms with Gasteiger partial charge >= 0.3 is 0 Å². The van der Waals surface area contributed by atoms with E-state index < -0.39 is 0 Å². The fourth-order valence-electron chi connectivity index (χ4n) is 1.71. The Balaban J connectivity index is 2.86. The lowest BCUT2D eigenvalue weighted by molar-refractivity contribution is 0.785. The fourth-order valence-corrected chi connectivity index (χ4v) is 1.71. The number of aromatic nitrogens is 3. The van der Waals surface area contributed by atoms with Crippen molar-refractivity contribution in [1.29, 1.82) is 0 Å². The minimum absolute atomic E-state index is 0.336. The highest BCUT2D eigenvalue weighted by Gasteiger charge is 2.13. The number of nitrogens with zero attached hydrogens (tertiary/aromatic N) is 4. The van der Waals surface area contributed by atoms with Crippen molar-refractivity contribution < 1.29 is 0 Å². The highest BCUT2D eigenvalue weighted by atomic mass is 15.2. The van der Waals surface area contributed by atoms with Crippen LogP contribution in [0.1, 0.15) is 31.0 Å². The molecular formula is C11H12N4. The average molecular weight is 200 g/mol. The van der Waals surface area contributed by atoms with E-state index in [0.29, 0.717) is 11.6 Å². The lowest BCUT2D eigenvalue weighted by Gasteiger charge is -2.06. The van der Waals surface area contributed by atoms with Crippen LogP contribution in [-0.4, -0.2) is 14.6 Å². The third-order valence-corrected chi connectivity index (χ3v) is 2.50. The SMILES string of the molecule is [C-]#[N+]c1cn2ncnc(C(C)C)c2c1C. The number of aryl methyl sites for hydroxylation is 1. The Labute approximate surface area is 88.4 Å². The summed E-state index contributed by atoms with van der Waals surface area (Å²) in [5.74, 6) is 0.336. The van der Waals surface area contributed by atoms with E-state index in [-0.39, 0.29) is 0 Å². The van der Waals surface area contributed by atoms with Crippen LogP contribution in [0.4, 0.5) is 5.69 Å². The largest absolute Gasteiger partial charge is 0.249 e. The van der Waals surface area contributed by atoms with Gasteiger partial charge in [0.05, 0.1) is 17.8 Å². The first kappa shape index (κ1) is 9.66. The van der Waals surface area contributed by atoms with E-state index in [1.807, 2.05) is 6.92 Å². The van der Waals surface area contributed by atoms with Crippen LogP contribution in [-0.2, 0) is 0 Å². The zero-order valence-electron chi connectivity index (χ0n) is 9.02. The molecule has 2 rings (SSSR count). The van der Waals surface area contributed by atoms with Gasteiger partial charge in [0, 0.05) is 6.20 Å². The minimum atomic E-state index is 0.336. The summed E-state index contributed by atoms with van der Waals surface area (Å²) in [5, 5.41) is 4.12. The molecule has 0 bridgehead atoms. The zero-order valence-corrected chi connectivity index (χ0v) is 9.02. The molecule has 0 aromatic carbocycles. The van der Waals surface area contributed by atoms with Crippen molar-refractivity contribution in [2.24, 2.45) is 0 Å². The van der Waals surface area contributed by atoms with E-state index in [1.165, 1.54) is 6.33 Å². The fraction of sp³-hybridized carbons (Fsp3) is 0.364. The molecule has 76 valence electrons. The maximum absolute atomic E-state index is 7.06. The molecule has 0 radical (unpaired) electrons. The average Bonchev–Trinajstić information content (AvgIpc) is 2.55. The van der Waals surface area contributed by atoms with E-state index >= 15 is 0 Å². The van der Waals surface area contributed by atoms with Gasteiger partial charge in [0.1, 0.15) is 6.33 Å². The Morgan fingerprint density at radius 3 is 2.80 bits per heavy atom. The molecule has 4 heteroatoms. The standard InChI is InChI=1S/C11H12N4/c1-7(2)10-11-8(3)9(12-4)5-15(11)14-6-13-10/h5-7H,1-3H3. The van der Waals surface area contributed by atoms with E-state index in [2.05, 4.69) is 28.8 Å². The first-order chi connectivity index (χ1) is 7.15. The first-order valence-electron chi connectivity index (χ1n) is 4.85. The van der Waals surface area contributed by atoms with Gasteiger partial charge in [-0.2, -0.15) is 5.10 Å². The monoisotopic (exact) mass is 200 g/mol. The number of rotatable bonds is 1. The van der Waals surface area contributed by atoms with E-state index in [4.69, 9.17) is 6.57 Å². The summed E-state index contributed by atoms with van der Waals surface area (Å²) in [5.41, 5.74) is 3.59. The summed E-state index contributed by atoms with van der Waals surface area (Å²) >= 11 is 0. The summed E-state index contributed by atoms with van der Waals surface area (Å²) in [6, 6.07) is 0. The van der Waals surface area contributed by atoms with Crippen molar-refractivity contribution >= 4 is 11.2 Å². The van der Waals surface area contributed by atoms with Crippen molar-refractivity contribution in [3.8, 4) is 0 Å². The molecule has 0 fully saturated rings. The lowest BCUT2D eigenvalue weighted by Crippen LogP contribution is -2.00. The van der Waals surface area contributed by atoms with Crippen molar-refractivity contribution in [1.82, 2.24) is 14.6 Å². The van der Waals surface area contributed by atoms with Gasteiger partial charge in [0.15, 0.2) is 0 Å². The topological polar surface area (TPSA) is 34.5 Å². The Morgan fingerprint density at radius 2 is 2.20 bits per heavy atom. The quantitative estimate of drug-likeness (QED) is 0.663. The predicted molar refractivity (Wildman–Crippen MR) is 58.1 cm³/mol. The Morgan fingerprint density at radius 1 is 1.47 bits per heavy atom. The second-order valence-corrected chi connectivity index (χ2v) is 3.84. The van der Waals surface area contributed by atoms with Gasteiger partial charge in [-0.15, -0.1) is 0 Å². The molecule has 0 amide bonds. The summed E-state index contributed by atoms with van der Waals surface area (Å²) < 4.78 is 1.74. The van der Waals surface area contributed by atoms with Gasteiger partial charge in [-0.25, -0.2) is 14.3 Å². The van der Waals surface area contributed by atoms with Gasteiger partial charge in [0.25, 0.3) is 0 Å². The zero-order chi connectivity index (χ0) is 11.0. The smallest absolute Gasteiger partial charge is 0.210 e. The van der Waals surface area contributed by atoms with Crippen LogP contribution in [0.3, 0.4) is 0 Å². The molecule has 0 spiro atoms. The third-order valence-electron chi connectivity index (χ3n) is 2.50. The predicted octanol–water partition coefficient (Wildman–Crippen LogP) is 2.71. The molecule has 2 aromatic heterocycles. The Bertz CT molecular complexity index is 545. The van der Waals surface area contributed by atoms with Crippen LogP contribution >= 0.6 is 0 Å². The maximum Gasteiger partial charge on any atom is 0.210 e. The molecule has 0 saturated carbocycles.